The molecule has 0 aliphatic rings. The van der Waals surface area contributed by atoms with E-state index in [-0.39, 0.29) is 19.4 Å². The summed E-state index contributed by atoms with van der Waals surface area (Å²) in [6.07, 6.45) is 36.0. The number of hydrogen-bond donors (Lipinski definition) is 3. The maximum atomic E-state index is 12.6. The van der Waals surface area contributed by atoms with Gasteiger partial charge in [0.2, 0.25) is 0 Å². The molecule has 0 aromatic rings. The van der Waals surface area contributed by atoms with Gasteiger partial charge >= 0.3 is 19.8 Å². The fourth-order valence-corrected chi connectivity index (χ4v) is 6.84. The number of esters is 2. The molecule has 1 unspecified atom stereocenters. The first-order valence-electron chi connectivity index (χ1n) is 21.6. The van der Waals surface area contributed by atoms with Crippen LogP contribution in [-0.2, 0) is 32.7 Å². The normalized spacial score (nSPS) is 14.0. The molecule has 3 atom stereocenters. The molecule has 0 aromatic carbocycles. The quantitative estimate of drug-likeness (QED) is 0.0237. The highest BCUT2D eigenvalue weighted by atomic mass is 31.2. The third-order valence-corrected chi connectivity index (χ3v) is 10.4. The van der Waals surface area contributed by atoms with E-state index >= 15 is 0 Å². The molecule has 0 saturated heterocycles. The van der Waals surface area contributed by atoms with Crippen molar-refractivity contribution in [2.75, 3.05) is 26.4 Å². The van der Waals surface area contributed by atoms with Gasteiger partial charge in [0.1, 0.15) is 12.7 Å². The van der Waals surface area contributed by atoms with Crippen molar-refractivity contribution in [1.29, 1.82) is 0 Å². The predicted molar refractivity (Wildman–Crippen MR) is 215 cm³/mol. The molecule has 314 valence electrons. The highest BCUT2D eigenvalue weighted by molar-refractivity contribution is 7.47. The first-order chi connectivity index (χ1) is 25.7. The lowest BCUT2D eigenvalue weighted by molar-refractivity contribution is -0.161. The fraction of sp³-hybridized carbons (Fsp3) is 0.905. The van der Waals surface area contributed by atoms with Crippen molar-refractivity contribution in [2.24, 2.45) is 0 Å². The van der Waals surface area contributed by atoms with Crippen LogP contribution in [0.5, 0.6) is 0 Å². The Kier molecular flexibility index (Phi) is 38.0. The second-order valence-electron chi connectivity index (χ2n) is 14.7. The van der Waals surface area contributed by atoms with Gasteiger partial charge in [0.15, 0.2) is 6.10 Å². The van der Waals surface area contributed by atoms with Crippen molar-refractivity contribution in [1.82, 2.24) is 0 Å². The summed E-state index contributed by atoms with van der Waals surface area (Å²) in [5.74, 6) is -0.920. The largest absolute Gasteiger partial charge is 0.472 e. The zero-order valence-corrected chi connectivity index (χ0v) is 34.9. The van der Waals surface area contributed by atoms with Crippen LogP contribution in [0.3, 0.4) is 0 Å². The molecule has 0 heterocycles. The molecule has 0 aliphatic heterocycles. The first kappa shape index (κ1) is 51.7. The van der Waals surface area contributed by atoms with E-state index in [9.17, 15) is 24.2 Å². The number of carbonyl (C=O) groups excluding carboxylic acids is 2. The fourth-order valence-electron chi connectivity index (χ4n) is 6.05. The summed E-state index contributed by atoms with van der Waals surface area (Å²) < 4.78 is 32.7. The number of aliphatic hydroxyl groups is 2. The monoisotopic (exact) mass is 777 g/mol. The number of ether oxygens (including phenoxy) is 2. The Labute approximate surface area is 324 Å². The molecule has 3 N–H and O–H groups in total. The van der Waals surface area contributed by atoms with Gasteiger partial charge in [0.25, 0.3) is 0 Å². The zero-order valence-electron chi connectivity index (χ0n) is 34.0. The summed E-state index contributed by atoms with van der Waals surface area (Å²) in [4.78, 5) is 35.0. The predicted octanol–water partition coefficient (Wildman–Crippen LogP) is 11.2. The van der Waals surface area contributed by atoms with Gasteiger partial charge in [0.05, 0.1) is 19.8 Å². The minimum atomic E-state index is -4.61. The number of carbonyl (C=O) groups is 2. The van der Waals surface area contributed by atoms with E-state index < -0.39 is 51.8 Å². The molecule has 10 nitrogen and oxygen atoms in total. The third-order valence-electron chi connectivity index (χ3n) is 9.42. The van der Waals surface area contributed by atoms with Gasteiger partial charge in [-0.1, -0.05) is 167 Å². The van der Waals surface area contributed by atoms with Crippen LogP contribution in [-0.4, -0.2) is 65.7 Å². The summed E-state index contributed by atoms with van der Waals surface area (Å²) in [6, 6.07) is 0. The van der Waals surface area contributed by atoms with Crippen LogP contribution in [0.25, 0.3) is 0 Å². The molecule has 0 saturated carbocycles. The van der Waals surface area contributed by atoms with Gasteiger partial charge in [0, 0.05) is 12.8 Å². The standard InChI is InChI=1S/C42H81O10P/c1-3-5-7-9-11-13-15-17-19-21-23-25-27-29-31-33-41(45)49-37-40(38-51-53(47,48)50-36-39(44)35-43)52-42(46)34-32-30-28-26-24-22-20-18-16-14-12-10-8-6-4-2/h13,15,39-40,43-44H,3-12,14,16-38H2,1-2H3,(H,47,48)/b15-13+/t39-,40+/m0/s1. The topological polar surface area (TPSA) is 149 Å². The Morgan fingerprint density at radius 2 is 0.925 bits per heavy atom. The van der Waals surface area contributed by atoms with Crippen LogP contribution in [0, 0.1) is 0 Å². The van der Waals surface area contributed by atoms with Gasteiger partial charge < -0.3 is 24.6 Å². The van der Waals surface area contributed by atoms with E-state index in [1.165, 1.54) is 122 Å². The van der Waals surface area contributed by atoms with Crippen LogP contribution in [0.1, 0.15) is 206 Å². The number of phosphoric acid groups is 1. The van der Waals surface area contributed by atoms with E-state index in [0.717, 1.165) is 44.9 Å². The molecular formula is C42H81O10P. The van der Waals surface area contributed by atoms with Crippen LogP contribution in [0.15, 0.2) is 12.2 Å². The van der Waals surface area contributed by atoms with E-state index in [1.807, 2.05) is 0 Å². The Balaban J connectivity index is 4.27. The molecule has 11 heteroatoms. The summed E-state index contributed by atoms with van der Waals surface area (Å²) >= 11 is 0. The van der Waals surface area contributed by atoms with Crippen LogP contribution in [0.2, 0.25) is 0 Å². The van der Waals surface area contributed by atoms with E-state index in [0.29, 0.717) is 12.8 Å². The van der Waals surface area contributed by atoms with Crippen molar-refractivity contribution < 1.29 is 47.8 Å². The smallest absolute Gasteiger partial charge is 0.462 e. The Morgan fingerprint density at radius 1 is 0.547 bits per heavy atom. The highest BCUT2D eigenvalue weighted by Crippen LogP contribution is 2.43. The summed E-state index contributed by atoms with van der Waals surface area (Å²) in [6.45, 7) is 2.39. The van der Waals surface area contributed by atoms with Crippen molar-refractivity contribution in [3.8, 4) is 0 Å². The van der Waals surface area contributed by atoms with Gasteiger partial charge in [-0.15, -0.1) is 0 Å². The van der Waals surface area contributed by atoms with Crippen LogP contribution >= 0.6 is 7.82 Å². The number of unbranched alkanes of at least 4 members (excludes halogenated alkanes) is 25. The lowest BCUT2D eigenvalue weighted by atomic mass is 10.0. The summed E-state index contributed by atoms with van der Waals surface area (Å²) in [5.41, 5.74) is 0. The van der Waals surface area contributed by atoms with Crippen LogP contribution < -0.4 is 0 Å². The minimum absolute atomic E-state index is 0.189. The van der Waals surface area contributed by atoms with Gasteiger partial charge in [-0.25, -0.2) is 4.57 Å². The lowest BCUT2D eigenvalue weighted by Gasteiger charge is -2.20. The molecule has 0 radical (unpaired) electrons. The summed E-state index contributed by atoms with van der Waals surface area (Å²) in [7, 11) is -4.61. The third kappa shape index (κ3) is 38.8. The van der Waals surface area contributed by atoms with Crippen LogP contribution in [0.4, 0.5) is 0 Å². The van der Waals surface area contributed by atoms with Crippen molar-refractivity contribution in [2.45, 2.75) is 219 Å². The first-order valence-corrected chi connectivity index (χ1v) is 23.1. The lowest BCUT2D eigenvalue weighted by Crippen LogP contribution is -2.29. The minimum Gasteiger partial charge on any atom is -0.462 e. The molecule has 0 fully saturated rings. The average Bonchev–Trinajstić information content (AvgIpc) is 3.14. The number of rotatable bonds is 41. The van der Waals surface area contributed by atoms with Crippen molar-refractivity contribution >= 4 is 19.8 Å². The SMILES string of the molecule is CCCCCC/C=C/CCCCCCCCCC(=O)OC[C@H](COP(=O)(O)OC[C@@H](O)CO)OC(=O)CCCCCCCCCCCCCCCCC. The molecule has 0 spiro atoms. The number of allylic oxidation sites excluding steroid dienone is 2. The molecule has 0 bridgehead atoms. The Hall–Kier alpha value is -1.29. The molecule has 0 rings (SSSR count). The Bertz CT molecular complexity index is 899. The average molecular weight is 777 g/mol. The van der Waals surface area contributed by atoms with E-state index in [2.05, 4.69) is 30.5 Å². The van der Waals surface area contributed by atoms with Crippen molar-refractivity contribution in [3.05, 3.63) is 12.2 Å². The molecule has 0 aromatic heterocycles. The number of aliphatic hydroxyl groups excluding tert-OH is 2. The maximum Gasteiger partial charge on any atom is 0.472 e. The Morgan fingerprint density at radius 3 is 1.38 bits per heavy atom. The maximum absolute atomic E-state index is 12.6. The molecule has 0 amide bonds. The highest BCUT2D eigenvalue weighted by Gasteiger charge is 2.27. The second kappa shape index (κ2) is 39.0. The zero-order chi connectivity index (χ0) is 39.1. The van der Waals surface area contributed by atoms with E-state index in [1.54, 1.807) is 0 Å². The van der Waals surface area contributed by atoms with Gasteiger partial charge in [-0.2, -0.15) is 0 Å². The van der Waals surface area contributed by atoms with E-state index in [4.69, 9.17) is 19.1 Å². The summed E-state index contributed by atoms with van der Waals surface area (Å²) in [5, 5.41) is 18.3. The molecular weight excluding hydrogens is 695 g/mol. The second-order valence-corrected chi connectivity index (χ2v) is 16.2. The number of hydrogen-bond acceptors (Lipinski definition) is 9. The van der Waals surface area contributed by atoms with Gasteiger partial charge in [-0.05, 0) is 38.5 Å². The molecule has 53 heavy (non-hydrogen) atoms. The van der Waals surface area contributed by atoms with Gasteiger partial charge in [-0.3, -0.25) is 18.6 Å². The number of phosphoric ester groups is 1. The molecule has 0 aliphatic carbocycles. The van der Waals surface area contributed by atoms with Crippen molar-refractivity contribution in [3.63, 3.8) is 0 Å².